The van der Waals surface area contributed by atoms with Crippen LogP contribution in [0.2, 0.25) is 0 Å². The predicted octanol–water partition coefficient (Wildman–Crippen LogP) is 0.374. The highest BCUT2D eigenvalue weighted by Crippen LogP contribution is 2.18. The van der Waals surface area contributed by atoms with Crippen LogP contribution < -0.4 is 5.32 Å². The molecule has 2 rings (SSSR count). The van der Waals surface area contributed by atoms with Crippen LogP contribution >= 0.6 is 0 Å². The molecule has 5 nitrogen and oxygen atoms in total. The van der Waals surface area contributed by atoms with Gasteiger partial charge in [0, 0.05) is 45.3 Å². The molecule has 0 radical (unpaired) electrons. The highest BCUT2D eigenvalue weighted by atomic mass is 16.5. The minimum absolute atomic E-state index is 0.177. The van der Waals surface area contributed by atoms with Gasteiger partial charge in [-0.15, -0.1) is 0 Å². The summed E-state index contributed by atoms with van der Waals surface area (Å²) >= 11 is 0. The van der Waals surface area contributed by atoms with Gasteiger partial charge in [0.1, 0.15) is 0 Å². The van der Waals surface area contributed by atoms with Crippen molar-refractivity contribution in [1.29, 1.82) is 0 Å². The van der Waals surface area contributed by atoms with Crippen LogP contribution in [-0.2, 0) is 9.53 Å². The average molecular weight is 270 g/mol. The Balaban J connectivity index is 1.64. The lowest BCUT2D eigenvalue weighted by Crippen LogP contribution is -2.44. The topological polar surface area (TPSA) is 61.8 Å². The van der Waals surface area contributed by atoms with Gasteiger partial charge in [0.25, 0.3) is 0 Å². The largest absolute Gasteiger partial charge is 0.390 e. The highest BCUT2D eigenvalue weighted by molar-refractivity contribution is 5.78. The lowest BCUT2D eigenvalue weighted by molar-refractivity contribution is -0.128. The monoisotopic (exact) mass is 270 g/mol. The van der Waals surface area contributed by atoms with Gasteiger partial charge in [0.05, 0.1) is 6.10 Å². The van der Waals surface area contributed by atoms with Crippen molar-refractivity contribution in [1.82, 2.24) is 10.2 Å². The number of carbonyl (C=O) groups is 1. The molecule has 110 valence electrons. The minimum atomic E-state index is -0.468. The number of nitrogens with one attached hydrogen (secondary N) is 1. The Labute approximate surface area is 115 Å². The summed E-state index contributed by atoms with van der Waals surface area (Å²) in [5.74, 6) is 0.811. The number of hydrogen-bond acceptors (Lipinski definition) is 4. The van der Waals surface area contributed by atoms with Crippen LogP contribution in [0.25, 0.3) is 0 Å². The number of amides is 1. The van der Waals surface area contributed by atoms with Crippen LogP contribution in [0.5, 0.6) is 0 Å². The van der Waals surface area contributed by atoms with Crippen LogP contribution in [0.4, 0.5) is 0 Å². The molecule has 2 heterocycles. The molecule has 2 unspecified atom stereocenters. The summed E-state index contributed by atoms with van der Waals surface area (Å²) in [5, 5.41) is 13.4. The molecule has 0 saturated carbocycles. The van der Waals surface area contributed by atoms with Crippen LogP contribution in [-0.4, -0.2) is 60.9 Å². The third kappa shape index (κ3) is 4.44. The lowest BCUT2D eigenvalue weighted by Gasteiger charge is -2.29. The second kappa shape index (κ2) is 7.22. The van der Waals surface area contributed by atoms with Gasteiger partial charge in [-0.25, -0.2) is 0 Å². The number of aliphatic hydroxyl groups is 1. The van der Waals surface area contributed by atoms with Gasteiger partial charge >= 0.3 is 0 Å². The van der Waals surface area contributed by atoms with E-state index in [1.54, 1.807) is 4.90 Å². The molecule has 2 atom stereocenters. The van der Waals surface area contributed by atoms with E-state index in [2.05, 4.69) is 12.2 Å². The van der Waals surface area contributed by atoms with E-state index in [0.717, 1.165) is 39.0 Å². The molecule has 0 aromatic rings. The van der Waals surface area contributed by atoms with E-state index in [9.17, 15) is 9.90 Å². The maximum absolute atomic E-state index is 11.5. The van der Waals surface area contributed by atoms with Crippen molar-refractivity contribution in [2.75, 3.05) is 32.8 Å². The van der Waals surface area contributed by atoms with Crippen molar-refractivity contribution < 1.29 is 14.6 Å². The lowest BCUT2D eigenvalue weighted by atomic mass is 9.93. The Morgan fingerprint density at radius 2 is 2.21 bits per heavy atom. The molecule has 0 aliphatic carbocycles. The normalized spacial score (nSPS) is 24.7. The summed E-state index contributed by atoms with van der Waals surface area (Å²) < 4.78 is 5.35. The Bertz CT molecular complexity index is 292. The van der Waals surface area contributed by atoms with Gasteiger partial charge in [-0.1, -0.05) is 0 Å². The molecule has 2 N–H and O–H groups in total. The molecule has 1 amide bonds. The van der Waals surface area contributed by atoms with E-state index >= 15 is 0 Å². The van der Waals surface area contributed by atoms with Gasteiger partial charge < -0.3 is 20.1 Å². The van der Waals surface area contributed by atoms with Gasteiger partial charge in [0.2, 0.25) is 5.91 Å². The summed E-state index contributed by atoms with van der Waals surface area (Å²) in [6.45, 7) is 5.69. The number of nitrogens with zero attached hydrogens (tertiary/aromatic N) is 1. The van der Waals surface area contributed by atoms with E-state index in [-0.39, 0.29) is 5.91 Å². The van der Waals surface area contributed by atoms with Crippen molar-refractivity contribution in [3.05, 3.63) is 0 Å². The molecule has 2 aliphatic rings. The molecule has 0 aromatic carbocycles. The zero-order chi connectivity index (χ0) is 13.7. The van der Waals surface area contributed by atoms with Crippen LogP contribution in [0, 0.1) is 5.92 Å². The SMILES string of the molecule is CC(NCC(O)CN1CCCC1=O)C1CCOCC1. The fourth-order valence-corrected chi connectivity index (χ4v) is 2.92. The second-order valence-corrected chi connectivity index (χ2v) is 5.74. The number of β-amino-alcohol motifs (C(OH)–C–C–N with tert-alkyl or cyclic N) is 1. The van der Waals surface area contributed by atoms with Crippen LogP contribution in [0.15, 0.2) is 0 Å². The third-order valence-electron chi connectivity index (χ3n) is 4.25. The average Bonchev–Trinajstić information content (AvgIpc) is 2.82. The number of rotatable bonds is 6. The highest BCUT2D eigenvalue weighted by Gasteiger charge is 2.24. The molecule has 2 aliphatic heterocycles. The maximum atomic E-state index is 11.5. The maximum Gasteiger partial charge on any atom is 0.222 e. The van der Waals surface area contributed by atoms with E-state index in [1.165, 1.54) is 0 Å². The fourth-order valence-electron chi connectivity index (χ4n) is 2.92. The van der Waals surface area contributed by atoms with Crippen LogP contribution in [0.3, 0.4) is 0 Å². The number of likely N-dealkylation sites (tertiary alicyclic amines) is 1. The first-order valence-electron chi connectivity index (χ1n) is 7.44. The number of ether oxygens (including phenoxy) is 1. The zero-order valence-electron chi connectivity index (χ0n) is 11.8. The zero-order valence-corrected chi connectivity index (χ0v) is 11.8. The minimum Gasteiger partial charge on any atom is -0.390 e. The first-order valence-corrected chi connectivity index (χ1v) is 7.44. The summed E-state index contributed by atoms with van der Waals surface area (Å²) in [7, 11) is 0. The van der Waals surface area contributed by atoms with Gasteiger partial charge in [-0.3, -0.25) is 4.79 Å². The van der Waals surface area contributed by atoms with Crippen molar-refractivity contribution in [3.8, 4) is 0 Å². The quantitative estimate of drug-likeness (QED) is 0.732. The van der Waals surface area contributed by atoms with Crippen molar-refractivity contribution in [3.63, 3.8) is 0 Å². The molecular weight excluding hydrogens is 244 g/mol. The summed E-state index contributed by atoms with van der Waals surface area (Å²) in [4.78, 5) is 13.2. The first kappa shape index (κ1) is 14.8. The summed E-state index contributed by atoms with van der Waals surface area (Å²) in [6, 6.07) is 0.396. The molecule has 19 heavy (non-hydrogen) atoms. The smallest absolute Gasteiger partial charge is 0.222 e. The molecule has 0 aromatic heterocycles. The Kier molecular flexibility index (Phi) is 5.60. The Hall–Kier alpha value is -0.650. The standard InChI is InChI=1S/C14H26N2O3/c1-11(12-4-7-19-8-5-12)15-9-13(17)10-16-6-2-3-14(16)18/h11-13,15,17H,2-10H2,1H3. The Morgan fingerprint density at radius 3 is 2.84 bits per heavy atom. The molecule has 2 fully saturated rings. The van der Waals surface area contributed by atoms with Crippen LogP contribution in [0.1, 0.15) is 32.6 Å². The van der Waals surface area contributed by atoms with Gasteiger partial charge in [0.15, 0.2) is 0 Å². The van der Waals surface area contributed by atoms with Crippen molar-refractivity contribution in [2.24, 2.45) is 5.92 Å². The first-order chi connectivity index (χ1) is 9.16. The molecule has 2 saturated heterocycles. The Morgan fingerprint density at radius 1 is 1.47 bits per heavy atom. The van der Waals surface area contributed by atoms with Gasteiger partial charge in [-0.05, 0) is 32.1 Å². The second-order valence-electron chi connectivity index (χ2n) is 5.74. The van der Waals surface area contributed by atoms with Crippen molar-refractivity contribution in [2.45, 2.75) is 44.8 Å². The van der Waals surface area contributed by atoms with E-state index < -0.39 is 6.10 Å². The number of hydrogen-bond donors (Lipinski definition) is 2. The summed E-state index contributed by atoms with van der Waals surface area (Å²) in [5.41, 5.74) is 0. The molecule has 0 bridgehead atoms. The predicted molar refractivity (Wildman–Crippen MR) is 72.8 cm³/mol. The molecular formula is C14H26N2O3. The third-order valence-corrected chi connectivity index (χ3v) is 4.25. The van der Waals surface area contributed by atoms with Crippen molar-refractivity contribution >= 4 is 5.91 Å². The molecule has 0 spiro atoms. The van der Waals surface area contributed by atoms with E-state index in [1.807, 2.05) is 0 Å². The summed E-state index contributed by atoms with van der Waals surface area (Å²) in [6.07, 6.45) is 3.28. The van der Waals surface area contributed by atoms with Gasteiger partial charge in [-0.2, -0.15) is 0 Å². The number of aliphatic hydroxyl groups excluding tert-OH is 1. The van der Waals surface area contributed by atoms with E-state index in [0.29, 0.717) is 31.5 Å². The van der Waals surface area contributed by atoms with E-state index in [4.69, 9.17) is 4.74 Å². The fraction of sp³-hybridized carbons (Fsp3) is 0.929. The number of carbonyl (C=O) groups excluding carboxylic acids is 1. The molecule has 5 heteroatoms.